The highest BCUT2D eigenvalue weighted by atomic mass is 16.5. The van der Waals surface area contributed by atoms with Gasteiger partial charge < -0.3 is 18.5 Å². The van der Waals surface area contributed by atoms with Gasteiger partial charge in [0.2, 0.25) is 5.89 Å². The van der Waals surface area contributed by atoms with E-state index in [-0.39, 0.29) is 5.92 Å². The number of ether oxygens (including phenoxy) is 2. The van der Waals surface area contributed by atoms with E-state index in [9.17, 15) is 0 Å². The van der Waals surface area contributed by atoms with Crippen molar-refractivity contribution in [3.63, 3.8) is 0 Å². The van der Waals surface area contributed by atoms with Crippen molar-refractivity contribution in [2.45, 2.75) is 38.3 Å². The summed E-state index contributed by atoms with van der Waals surface area (Å²) in [6, 6.07) is 0. The van der Waals surface area contributed by atoms with Crippen LogP contribution in [0.4, 0.5) is 0 Å². The second kappa shape index (κ2) is 8.32. The van der Waals surface area contributed by atoms with Gasteiger partial charge in [-0.25, -0.2) is 0 Å². The average molecular weight is 337 g/mol. The summed E-state index contributed by atoms with van der Waals surface area (Å²) in [5, 5.41) is 8.01. The van der Waals surface area contributed by atoms with Crippen LogP contribution in [0.5, 0.6) is 0 Å². The van der Waals surface area contributed by atoms with Crippen LogP contribution in [0.1, 0.15) is 42.2 Å². The Labute approximate surface area is 140 Å². The van der Waals surface area contributed by atoms with Crippen LogP contribution in [-0.4, -0.2) is 59.1 Å². The predicted octanol–water partition coefficient (Wildman–Crippen LogP) is 1.17. The summed E-state index contributed by atoms with van der Waals surface area (Å²) in [5.74, 6) is 2.83. The normalized spacial score (nSPS) is 19.0. The van der Waals surface area contributed by atoms with E-state index in [2.05, 4.69) is 25.2 Å². The second-order valence-corrected chi connectivity index (χ2v) is 5.90. The predicted molar refractivity (Wildman–Crippen MR) is 82.1 cm³/mol. The van der Waals surface area contributed by atoms with Crippen molar-refractivity contribution in [2.24, 2.45) is 0 Å². The van der Waals surface area contributed by atoms with E-state index in [1.807, 2.05) is 0 Å². The molecule has 2 aromatic heterocycles. The highest BCUT2D eigenvalue weighted by molar-refractivity contribution is 4.98. The molecular formula is C15H23N5O4. The third-order valence-corrected chi connectivity index (χ3v) is 4.01. The third-order valence-electron chi connectivity index (χ3n) is 4.01. The lowest BCUT2D eigenvalue weighted by atomic mass is 9.98. The molecule has 3 rings (SSSR count). The van der Waals surface area contributed by atoms with E-state index in [4.69, 9.17) is 18.5 Å². The Morgan fingerprint density at radius 1 is 1.12 bits per heavy atom. The molecule has 0 bridgehead atoms. The zero-order valence-electron chi connectivity index (χ0n) is 14.1. The first-order valence-electron chi connectivity index (χ1n) is 8.12. The largest absolute Gasteiger partial charge is 0.384 e. The van der Waals surface area contributed by atoms with Crippen LogP contribution in [0.25, 0.3) is 0 Å². The Balaban J connectivity index is 1.56. The van der Waals surface area contributed by atoms with Gasteiger partial charge in [0.15, 0.2) is 11.6 Å². The number of methoxy groups -OCH3 is 2. The van der Waals surface area contributed by atoms with Crippen LogP contribution >= 0.6 is 0 Å². The van der Waals surface area contributed by atoms with Crippen LogP contribution in [0.2, 0.25) is 0 Å². The summed E-state index contributed by atoms with van der Waals surface area (Å²) in [6.45, 7) is 3.42. The summed E-state index contributed by atoms with van der Waals surface area (Å²) in [5.41, 5.74) is 0. The number of hydrogen-bond acceptors (Lipinski definition) is 9. The van der Waals surface area contributed by atoms with Crippen molar-refractivity contribution in [3.8, 4) is 0 Å². The lowest BCUT2D eigenvalue weighted by Gasteiger charge is -2.29. The zero-order valence-corrected chi connectivity index (χ0v) is 14.1. The smallest absolute Gasteiger partial charge is 0.252 e. The molecule has 1 aliphatic heterocycles. The minimum absolute atomic E-state index is 0.243. The fraction of sp³-hybridized carbons (Fsp3) is 0.733. The number of piperidine rings is 1. The lowest BCUT2D eigenvalue weighted by Crippen LogP contribution is -2.34. The molecule has 2 aromatic rings. The van der Waals surface area contributed by atoms with Gasteiger partial charge >= 0.3 is 0 Å². The van der Waals surface area contributed by atoms with Crippen molar-refractivity contribution in [3.05, 3.63) is 23.4 Å². The summed E-state index contributed by atoms with van der Waals surface area (Å²) in [4.78, 5) is 11.1. The van der Waals surface area contributed by atoms with E-state index in [0.29, 0.717) is 49.6 Å². The van der Waals surface area contributed by atoms with Gasteiger partial charge in [-0.2, -0.15) is 9.97 Å². The highest BCUT2D eigenvalue weighted by Crippen LogP contribution is 2.26. The third kappa shape index (κ3) is 4.37. The van der Waals surface area contributed by atoms with Crippen LogP contribution in [-0.2, 0) is 29.0 Å². The van der Waals surface area contributed by atoms with Crippen molar-refractivity contribution >= 4 is 0 Å². The molecule has 0 aromatic carbocycles. The van der Waals surface area contributed by atoms with E-state index in [0.717, 1.165) is 25.9 Å². The average Bonchev–Trinajstić information content (AvgIpc) is 3.23. The first-order valence-corrected chi connectivity index (χ1v) is 8.12. The zero-order chi connectivity index (χ0) is 16.8. The van der Waals surface area contributed by atoms with Crippen molar-refractivity contribution in [1.82, 2.24) is 25.2 Å². The standard InChI is InChI=1S/C15H23N5O4/c1-21-7-5-12-17-15(24-18-12)11-4-3-6-20(8-11)9-13-16-14(10-22-2)23-19-13/h11H,3-10H2,1-2H3/t11-/m0/s1. The van der Waals surface area contributed by atoms with Crippen LogP contribution < -0.4 is 0 Å². The fourth-order valence-corrected chi connectivity index (χ4v) is 2.87. The number of nitrogens with zero attached hydrogens (tertiary/aromatic N) is 5. The van der Waals surface area contributed by atoms with Crippen molar-refractivity contribution in [1.29, 1.82) is 0 Å². The number of rotatable bonds is 8. The summed E-state index contributed by atoms with van der Waals surface area (Å²) in [6.07, 6.45) is 2.79. The van der Waals surface area contributed by atoms with E-state index in [1.165, 1.54) is 0 Å². The van der Waals surface area contributed by atoms with Gasteiger partial charge in [0.1, 0.15) is 6.61 Å². The highest BCUT2D eigenvalue weighted by Gasteiger charge is 2.26. The minimum atomic E-state index is 0.243. The number of aromatic nitrogens is 4. The van der Waals surface area contributed by atoms with Gasteiger partial charge in [0.25, 0.3) is 5.89 Å². The molecule has 1 fully saturated rings. The Morgan fingerprint density at radius 2 is 2.00 bits per heavy atom. The maximum Gasteiger partial charge on any atom is 0.252 e. The second-order valence-electron chi connectivity index (χ2n) is 5.90. The quantitative estimate of drug-likeness (QED) is 0.702. The van der Waals surface area contributed by atoms with Gasteiger partial charge in [-0.15, -0.1) is 0 Å². The van der Waals surface area contributed by atoms with Crippen molar-refractivity contribution < 1.29 is 18.5 Å². The van der Waals surface area contributed by atoms with E-state index < -0.39 is 0 Å². The van der Waals surface area contributed by atoms with Gasteiger partial charge in [0.05, 0.1) is 19.1 Å². The minimum Gasteiger partial charge on any atom is -0.384 e. The molecule has 9 heteroatoms. The first kappa shape index (κ1) is 17.0. The van der Waals surface area contributed by atoms with Crippen LogP contribution in [0.15, 0.2) is 9.05 Å². The van der Waals surface area contributed by atoms with E-state index >= 15 is 0 Å². The molecule has 1 aliphatic rings. The first-order chi connectivity index (χ1) is 11.8. The molecule has 24 heavy (non-hydrogen) atoms. The van der Waals surface area contributed by atoms with Crippen LogP contribution in [0, 0.1) is 0 Å². The lowest BCUT2D eigenvalue weighted by molar-refractivity contribution is 0.151. The SMILES string of the molecule is COCCc1noc([C@H]2CCCN(Cc3noc(COC)n3)C2)n1. The Bertz CT molecular complexity index is 629. The molecule has 132 valence electrons. The molecule has 0 aliphatic carbocycles. The molecule has 1 atom stereocenters. The monoisotopic (exact) mass is 337 g/mol. The maximum atomic E-state index is 5.43. The molecule has 1 saturated heterocycles. The fourth-order valence-electron chi connectivity index (χ4n) is 2.87. The summed E-state index contributed by atoms with van der Waals surface area (Å²) < 4.78 is 20.6. The Kier molecular flexibility index (Phi) is 5.89. The van der Waals surface area contributed by atoms with Crippen molar-refractivity contribution in [2.75, 3.05) is 33.9 Å². The van der Waals surface area contributed by atoms with E-state index in [1.54, 1.807) is 14.2 Å². The molecular weight excluding hydrogens is 314 g/mol. The summed E-state index contributed by atoms with van der Waals surface area (Å²) in [7, 11) is 3.26. The van der Waals surface area contributed by atoms with Gasteiger partial charge in [-0.05, 0) is 19.4 Å². The molecule has 0 saturated carbocycles. The molecule has 0 amide bonds. The van der Waals surface area contributed by atoms with Gasteiger partial charge in [0, 0.05) is 27.2 Å². The number of likely N-dealkylation sites (tertiary alicyclic amines) is 1. The molecule has 3 heterocycles. The number of hydrogen-bond donors (Lipinski definition) is 0. The van der Waals surface area contributed by atoms with Crippen LogP contribution in [0.3, 0.4) is 0 Å². The molecule has 9 nitrogen and oxygen atoms in total. The topological polar surface area (TPSA) is 99.5 Å². The molecule has 0 radical (unpaired) electrons. The Hall–Kier alpha value is -1.84. The molecule has 0 N–H and O–H groups in total. The summed E-state index contributed by atoms with van der Waals surface area (Å²) >= 11 is 0. The Morgan fingerprint density at radius 3 is 2.83 bits per heavy atom. The molecule has 0 spiro atoms. The molecule has 0 unspecified atom stereocenters. The van der Waals surface area contributed by atoms with Gasteiger partial charge in [-0.1, -0.05) is 10.3 Å². The maximum absolute atomic E-state index is 5.43. The van der Waals surface area contributed by atoms with Gasteiger partial charge in [-0.3, -0.25) is 4.90 Å².